The largest absolute Gasteiger partial charge is 0.422 e. The zero-order valence-corrected chi connectivity index (χ0v) is 13.4. The molecule has 0 bridgehead atoms. The smallest absolute Gasteiger partial charge is 0.349 e. The fourth-order valence-corrected chi connectivity index (χ4v) is 2.91. The normalized spacial score (nSPS) is 15.8. The van der Waals surface area contributed by atoms with Gasteiger partial charge in [-0.2, -0.15) is 0 Å². The lowest BCUT2D eigenvalue weighted by molar-refractivity contribution is 0.0646. The SMILES string of the molecule is C=CCN1CCN(C(=O)c2cc3cc(Cl)ccc3oc2=O)CC1. The Morgan fingerprint density at radius 1 is 1.26 bits per heavy atom. The van der Waals surface area contributed by atoms with Gasteiger partial charge in [-0.1, -0.05) is 17.7 Å². The highest BCUT2D eigenvalue weighted by atomic mass is 35.5. The van der Waals surface area contributed by atoms with Gasteiger partial charge >= 0.3 is 5.63 Å². The van der Waals surface area contributed by atoms with Crippen LogP contribution < -0.4 is 5.63 Å². The van der Waals surface area contributed by atoms with Crippen molar-refractivity contribution in [3.05, 3.63) is 57.9 Å². The second kappa shape index (κ2) is 6.56. The van der Waals surface area contributed by atoms with Crippen LogP contribution in [-0.4, -0.2) is 48.4 Å². The number of hydrogen-bond acceptors (Lipinski definition) is 4. The quantitative estimate of drug-likeness (QED) is 0.639. The maximum atomic E-state index is 12.6. The van der Waals surface area contributed by atoms with Crippen molar-refractivity contribution in [3.63, 3.8) is 0 Å². The summed E-state index contributed by atoms with van der Waals surface area (Å²) in [5, 5.41) is 1.17. The third kappa shape index (κ3) is 3.30. The molecule has 6 heteroatoms. The highest BCUT2D eigenvalue weighted by Crippen LogP contribution is 2.19. The Balaban J connectivity index is 1.85. The molecule has 120 valence electrons. The summed E-state index contributed by atoms with van der Waals surface area (Å²) in [4.78, 5) is 28.6. The molecule has 0 unspecified atom stereocenters. The van der Waals surface area contributed by atoms with E-state index in [4.69, 9.17) is 16.0 Å². The minimum absolute atomic E-state index is 0.0527. The van der Waals surface area contributed by atoms with Gasteiger partial charge in [0.25, 0.3) is 5.91 Å². The Hall–Kier alpha value is -2.11. The molecular formula is C17H17ClN2O3. The van der Waals surface area contributed by atoms with Crippen LogP contribution in [0.5, 0.6) is 0 Å². The van der Waals surface area contributed by atoms with Crippen LogP contribution in [0.25, 0.3) is 11.0 Å². The van der Waals surface area contributed by atoms with E-state index in [0.717, 1.165) is 19.6 Å². The number of carbonyl (C=O) groups is 1. The topological polar surface area (TPSA) is 53.8 Å². The standard InChI is InChI=1S/C17H17ClN2O3/c1-2-5-19-6-8-20(9-7-19)16(21)14-11-12-10-13(18)3-4-15(12)23-17(14)22/h2-4,10-11H,1,5-9H2. The number of amides is 1. The van der Waals surface area contributed by atoms with Gasteiger partial charge in [-0.3, -0.25) is 9.69 Å². The van der Waals surface area contributed by atoms with Crippen molar-refractivity contribution in [2.75, 3.05) is 32.7 Å². The molecule has 1 aliphatic heterocycles. The zero-order valence-electron chi connectivity index (χ0n) is 12.6. The molecule has 2 aromatic rings. The Kier molecular flexibility index (Phi) is 4.50. The monoisotopic (exact) mass is 332 g/mol. The van der Waals surface area contributed by atoms with Crippen LogP contribution in [0, 0.1) is 0 Å². The number of halogens is 1. The van der Waals surface area contributed by atoms with Crippen molar-refractivity contribution >= 4 is 28.5 Å². The number of piperazine rings is 1. The van der Waals surface area contributed by atoms with E-state index in [0.29, 0.717) is 29.1 Å². The fraction of sp³-hybridized carbons (Fsp3) is 0.294. The lowest BCUT2D eigenvalue weighted by Crippen LogP contribution is -2.49. The summed E-state index contributed by atoms with van der Waals surface area (Å²) >= 11 is 5.96. The van der Waals surface area contributed by atoms with E-state index in [1.165, 1.54) is 0 Å². The lowest BCUT2D eigenvalue weighted by atomic mass is 10.1. The molecule has 5 nitrogen and oxygen atoms in total. The predicted molar refractivity (Wildman–Crippen MR) is 90.0 cm³/mol. The minimum atomic E-state index is -0.613. The summed E-state index contributed by atoms with van der Waals surface area (Å²) < 4.78 is 5.23. The van der Waals surface area contributed by atoms with E-state index < -0.39 is 5.63 Å². The van der Waals surface area contributed by atoms with E-state index in [-0.39, 0.29) is 11.5 Å². The fourth-order valence-electron chi connectivity index (χ4n) is 2.73. The first-order valence-electron chi connectivity index (χ1n) is 7.44. The molecule has 0 radical (unpaired) electrons. The molecule has 0 spiro atoms. The minimum Gasteiger partial charge on any atom is -0.422 e. The van der Waals surface area contributed by atoms with Crippen LogP contribution in [-0.2, 0) is 0 Å². The third-order valence-electron chi connectivity index (χ3n) is 3.97. The van der Waals surface area contributed by atoms with Crippen LogP contribution in [0.1, 0.15) is 10.4 Å². The molecule has 2 heterocycles. The highest BCUT2D eigenvalue weighted by molar-refractivity contribution is 6.31. The molecule has 1 aliphatic rings. The Morgan fingerprint density at radius 3 is 2.70 bits per heavy atom. The third-order valence-corrected chi connectivity index (χ3v) is 4.21. The Bertz CT molecular complexity index is 807. The molecule has 1 fully saturated rings. The second-order valence-electron chi connectivity index (χ2n) is 5.51. The summed E-state index contributed by atoms with van der Waals surface area (Å²) in [7, 11) is 0. The molecule has 23 heavy (non-hydrogen) atoms. The summed E-state index contributed by atoms with van der Waals surface area (Å²) in [6, 6.07) is 6.51. The average Bonchev–Trinajstić information content (AvgIpc) is 2.55. The number of hydrogen-bond donors (Lipinski definition) is 0. The maximum Gasteiger partial charge on any atom is 0.349 e. The van der Waals surface area contributed by atoms with Gasteiger partial charge in [0, 0.05) is 43.1 Å². The van der Waals surface area contributed by atoms with Crippen LogP contribution in [0.15, 0.2) is 46.1 Å². The van der Waals surface area contributed by atoms with Gasteiger partial charge in [0.15, 0.2) is 0 Å². The van der Waals surface area contributed by atoms with Crippen LogP contribution in [0.4, 0.5) is 0 Å². The lowest BCUT2D eigenvalue weighted by Gasteiger charge is -2.33. The number of nitrogens with zero attached hydrogens (tertiary/aromatic N) is 2. The van der Waals surface area contributed by atoms with Crippen molar-refractivity contribution < 1.29 is 9.21 Å². The van der Waals surface area contributed by atoms with Crippen molar-refractivity contribution in [2.45, 2.75) is 0 Å². The molecular weight excluding hydrogens is 316 g/mol. The van der Waals surface area contributed by atoms with Gasteiger partial charge in [-0.25, -0.2) is 4.79 Å². The number of benzene rings is 1. The molecule has 0 saturated carbocycles. The number of rotatable bonds is 3. The second-order valence-corrected chi connectivity index (χ2v) is 5.95. The number of fused-ring (bicyclic) bond motifs is 1. The van der Waals surface area contributed by atoms with Crippen LogP contribution in [0.2, 0.25) is 5.02 Å². The Morgan fingerprint density at radius 2 is 2.00 bits per heavy atom. The molecule has 0 N–H and O–H groups in total. The zero-order chi connectivity index (χ0) is 16.4. The van der Waals surface area contributed by atoms with Crippen molar-refractivity contribution in [1.82, 2.24) is 9.80 Å². The number of carbonyl (C=O) groups excluding carboxylic acids is 1. The van der Waals surface area contributed by atoms with Gasteiger partial charge < -0.3 is 9.32 Å². The first kappa shape index (κ1) is 15.8. The van der Waals surface area contributed by atoms with E-state index in [9.17, 15) is 9.59 Å². The first-order valence-corrected chi connectivity index (χ1v) is 7.82. The van der Waals surface area contributed by atoms with E-state index in [2.05, 4.69) is 11.5 Å². The van der Waals surface area contributed by atoms with Gasteiger partial charge in [0.1, 0.15) is 11.1 Å². The van der Waals surface area contributed by atoms with Gasteiger partial charge in [0.05, 0.1) is 0 Å². The molecule has 1 saturated heterocycles. The molecule has 1 amide bonds. The summed E-state index contributed by atoms with van der Waals surface area (Å²) in [5.41, 5.74) is -0.137. The first-order chi connectivity index (χ1) is 11.1. The van der Waals surface area contributed by atoms with Gasteiger partial charge in [0.2, 0.25) is 0 Å². The Labute approximate surface area is 138 Å². The molecule has 3 rings (SSSR count). The van der Waals surface area contributed by atoms with E-state index in [1.54, 1.807) is 29.2 Å². The summed E-state index contributed by atoms with van der Waals surface area (Å²) in [6.45, 7) is 7.22. The summed E-state index contributed by atoms with van der Waals surface area (Å²) in [5.74, 6) is -0.293. The average molecular weight is 333 g/mol. The van der Waals surface area contributed by atoms with Crippen LogP contribution >= 0.6 is 11.6 Å². The van der Waals surface area contributed by atoms with E-state index in [1.807, 2.05) is 6.08 Å². The van der Waals surface area contributed by atoms with Crippen LogP contribution in [0.3, 0.4) is 0 Å². The van der Waals surface area contributed by atoms with Crippen molar-refractivity contribution in [3.8, 4) is 0 Å². The highest BCUT2D eigenvalue weighted by Gasteiger charge is 2.24. The molecule has 1 aromatic heterocycles. The molecule has 0 atom stereocenters. The summed E-state index contributed by atoms with van der Waals surface area (Å²) in [6.07, 6.45) is 1.85. The van der Waals surface area contributed by atoms with Crippen molar-refractivity contribution in [2.24, 2.45) is 0 Å². The molecule has 0 aliphatic carbocycles. The van der Waals surface area contributed by atoms with Crippen molar-refractivity contribution in [1.29, 1.82) is 0 Å². The van der Waals surface area contributed by atoms with Gasteiger partial charge in [-0.05, 0) is 24.3 Å². The van der Waals surface area contributed by atoms with E-state index >= 15 is 0 Å². The van der Waals surface area contributed by atoms with Gasteiger partial charge in [-0.15, -0.1) is 6.58 Å². The predicted octanol–water partition coefficient (Wildman–Crippen LogP) is 2.39. The molecule has 1 aromatic carbocycles. The maximum absolute atomic E-state index is 12.6.